The fraction of sp³-hybridized carbons (Fsp3) is 0.250. The summed E-state index contributed by atoms with van der Waals surface area (Å²) in [6, 6.07) is 40.2. The first kappa shape index (κ1) is 21.3. The van der Waals surface area contributed by atoms with E-state index in [1.54, 1.807) is 0 Å². The van der Waals surface area contributed by atoms with Crippen LogP contribution in [0.15, 0.2) is 115 Å². The lowest BCUT2D eigenvalue weighted by Gasteiger charge is -2.58. The normalized spacial score (nSPS) is 25.3. The molecule has 0 radical (unpaired) electrons. The first-order chi connectivity index (χ1) is 16.6. The maximum Gasteiger partial charge on any atom is 0.143 e. The number of benzene rings is 4. The van der Waals surface area contributed by atoms with E-state index < -0.39 is 5.60 Å². The van der Waals surface area contributed by atoms with Crippen LogP contribution in [0.4, 0.5) is 0 Å². The third kappa shape index (κ3) is 2.89. The lowest BCUT2D eigenvalue weighted by Crippen LogP contribution is -2.64. The summed E-state index contributed by atoms with van der Waals surface area (Å²) in [5.74, 6) is 0. The van der Waals surface area contributed by atoms with Crippen LogP contribution in [0.1, 0.15) is 41.2 Å². The van der Waals surface area contributed by atoms with E-state index in [0.29, 0.717) is 6.61 Å². The van der Waals surface area contributed by atoms with Crippen molar-refractivity contribution in [2.75, 3.05) is 6.61 Å². The van der Waals surface area contributed by atoms with E-state index >= 15 is 0 Å². The Morgan fingerprint density at radius 2 is 1.21 bits per heavy atom. The maximum atomic E-state index is 11.2. The number of aliphatic hydroxyl groups excluding tert-OH is 1. The van der Waals surface area contributed by atoms with E-state index in [1.165, 1.54) is 11.1 Å². The third-order valence-electron chi connectivity index (χ3n) is 8.54. The Bertz CT molecular complexity index is 1190. The zero-order chi connectivity index (χ0) is 23.2. The van der Waals surface area contributed by atoms with Crippen molar-refractivity contribution < 1.29 is 9.84 Å². The number of hydrogen-bond donors (Lipinski definition) is 1. The van der Waals surface area contributed by atoms with Crippen LogP contribution < -0.4 is 0 Å². The minimum atomic E-state index is -0.774. The molecule has 0 heterocycles. The second-order valence-corrected chi connectivity index (χ2v) is 10.1. The summed E-state index contributed by atoms with van der Waals surface area (Å²) in [4.78, 5) is 0. The smallest absolute Gasteiger partial charge is 0.143 e. The molecule has 0 spiro atoms. The van der Waals surface area contributed by atoms with Gasteiger partial charge in [0.15, 0.2) is 0 Å². The molecule has 0 saturated heterocycles. The van der Waals surface area contributed by atoms with Gasteiger partial charge in [0.25, 0.3) is 0 Å². The fourth-order valence-corrected chi connectivity index (χ4v) is 6.58. The number of rotatable bonds is 6. The summed E-state index contributed by atoms with van der Waals surface area (Å²) < 4.78 is 7.20. The fourth-order valence-electron chi connectivity index (χ4n) is 6.58. The predicted molar refractivity (Wildman–Crippen MR) is 136 cm³/mol. The summed E-state index contributed by atoms with van der Waals surface area (Å²) in [6.45, 7) is 2.78. The summed E-state index contributed by atoms with van der Waals surface area (Å²) in [5.41, 5.74) is 4.80. The SMILES string of the molecule is C[C@]12C[C@H](O)[C@@]1(COC(c1ccccc1)(c1ccccc1)c1ccccc1)Cc1ccccc12. The molecule has 2 aliphatic rings. The molecule has 0 unspecified atom stereocenters. The van der Waals surface area contributed by atoms with Crippen molar-refractivity contribution in [3.05, 3.63) is 143 Å². The molecule has 4 aromatic carbocycles. The average molecular weight is 447 g/mol. The van der Waals surface area contributed by atoms with Gasteiger partial charge in [-0.1, -0.05) is 122 Å². The first-order valence-electron chi connectivity index (χ1n) is 12.2. The van der Waals surface area contributed by atoms with Crippen LogP contribution in [-0.2, 0) is 22.2 Å². The molecule has 0 aromatic heterocycles. The van der Waals surface area contributed by atoms with E-state index in [4.69, 9.17) is 4.74 Å². The van der Waals surface area contributed by atoms with E-state index in [0.717, 1.165) is 29.5 Å². The van der Waals surface area contributed by atoms with E-state index in [1.807, 2.05) is 18.2 Å². The van der Waals surface area contributed by atoms with Crippen LogP contribution >= 0.6 is 0 Å². The number of hydrogen-bond acceptors (Lipinski definition) is 2. The van der Waals surface area contributed by atoms with Gasteiger partial charge in [0.05, 0.1) is 12.7 Å². The maximum absolute atomic E-state index is 11.2. The molecule has 3 atom stereocenters. The van der Waals surface area contributed by atoms with E-state index in [2.05, 4.69) is 104 Å². The minimum absolute atomic E-state index is 0.0845. The van der Waals surface area contributed by atoms with Crippen molar-refractivity contribution in [3.63, 3.8) is 0 Å². The minimum Gasteiger partial charge on any atom is -0.392 e. The standard InChI is InChI=1S/C32H30O2/c1-30-22-29(33)31(30,21-24-13-11-12-20-28(24)30)23-34-32(25-14-5-2-6-15-25,26-16-7-3-8-17-26)27-18-9-4-10-19-27/h2-20,29,33H,21-23H2,1H3/t29-,30+,31-/m0/s1. The van der Waals surface area contributed by atoms with Gasteiger partial charge in [-0.2, -0.15) is 0 Å². The molecule has 1 saturated carbocycles. The van der Waals surface area contributed by atoms with E-state index in [-0.39, 0.29) is 16.9 Å². The van der Waals surface area contributed by atoms with Gasteiger partial charge in [-0.15, -0.1) is 0 Å². The molecular formula is C32H30O2. The second-order valence-electron chi connectivity index (χ2n) is 10.1. The number of fused-ring (bicyclic) bond motifs is 3. The topological polar surface area (TPSA) is 29.5 Å². The quantitative estimate of drug-likeness (QED) is 0.354. The van der Waals surface area contributed by atoms with Crippen molar-refractivity contribution >= 4 is 0 Å². The lowest BCUT2D eigenvalue weighted by molar-refractivity contribution is -0.181. The lowest BCUT2D eigenvalue weighted by atomic mass is 9.49. The average Bonchev–Trinajstić information content (AvgIpc) is 3.10. The molecule has 2 nitrogen and oxygen atoms in total. The summed E-state index contributed by atoms with van der Waals surface area (Å²) >= 11 is 0. The van der Waals surface area contributed by atoms with Crippen molar-refractivity contribution in [2.24, 2.45) is 5.41 Å². The number of ether oxygens (including phenoxy) is 1. The van der Waals surface area contributed by atoms with Crippen molar-refractivity contribution in [1.82, 2.24) is 0 Å². The Balaban J connectivity index is 1.49. The van der Waals surface area contributed by atoms with Gasteiger partial charge in [0.1, 0.15) is 5.60 Å². The van der Waals surface area contributed by atoms with Crippen LogP contribution in [0, 0.1) is 5.41 Å². The highest BCUT2D eigenvalue weighted by atomic mass is 16.5. The predicted octanol–water partition coefficient (Wildman–Crippen LogP) is 6.26. The molecule has 2 heteroatoms. The largest absolute Gasteiger partial charge is 0.392 e. The van der Waals surface area contributed by atoms with Crippen molar-refractivity contribution in [2.45, 2.75) is 36.9 Å². The van der Waals surface area contributed by atoms with Gasteiger partial charge >= 0.3 is 0 Å². The highest BCUT2D eigenvalue weighted by Crippen LogP contribution is 2.65. The van der Waals surface area contributed by atoms with E-state index in [9.17, 15) is 5.11 Å². The highest BCUT2D eigenvalue weighted by molar-refractivity contribution is 5.50. The molecule has 34 heavy (non-hydrogen) atoms. The molecule has 0 aliphatic heterocycles. The summed E-state index contributed by atoms with van der Waals surface area (Å²) in [7, 11) is 0. The first-order valence-corrected chi connectivity index (χ1v) is 12.2. The molecule has 0 amide bonds. The zero-order valence-electron chi connectivity index (χ0n) is 19.5. The molecule has 6 rings (SSSR count). The van der Waals surface area contributed by atoms with Gasteiger partial charge < -0.3 is 9.84 Å². The van der Waals surface area contributed by atoms with Crippen LogP contribution in [0.2, 0.25) is 0 Å². The van der Waals surface area contributed by atoms with Crippen LogP contribution in [-0.4, -0.2) is 17.8 Å². The molecular weight excluding hydrogens is 416 g/mol. The monoisotopic (exact) mass is 446 g/mol. The van der Waals surface area contributed by atoms with Gasteiger partial charge in [-0.25, -0.2) is 0 Å². The Kier molecular flexibility index (Phi) is 4.98. The van der Waals surface area contributed by atoms with Crippen LogP contribution in [0.25, 0.3) is 0 Å². The molecule has 170 valence electrons. The van der Waals surface area contributed by atoms with Gasteiger partial charge in [0.2, 0.25) is 0 Å². The third-order valence-corrected chi connectivity index (χ3v) is 8.54. The van der Waals surface area contributed by atoms with Gasteiger partial charge in [0, 0.05) is 10.8 Å². The highest BCUT2D eigenvalue weighted by Gasteiger charge is 2.67. The molecule has 2 aliphatic carbocycles. The van der Waals surface area contributed by atoms with Crippen molar-refractivity contribution in [3.8, 4) is 0 Å². The summed E-state index contributed by atoms with van der Waals surface area (Å²) in [6.07, 6.45) is 1.24. The Labute approximate surface area is 201 Å². The zero-order valence-corrected chi connectivity index (χ0v) is 19.5. The van der Waals surface area contributed by atoms with Gasteiger partial charge in [-0.3, -0.25) is 0 Å². The van der Waals surface area contributed by atoms with Crippen LogP contribution in [0.5, 0.6) is 0 Å². The Morgan fingerprint density at radius 1 is 0.735 bits per heavy atom. The second kappa shape index (κ2) is 7.94. The Morgan fingerprint density at radius 3 is 1.71 bits per heavy atom. The Hall–Kier alpha value is -3.20. The molecule has 4 aromatic rings. The molecule has 1 fully saturated rings. The van der Waals surface area contributed by atoms with Gasteiger partial charge in [-0.05, 0) is 40.7 Å². The molecule has 1 N–H and O–H groups in total. The summed E-state index contributed by atoms with van der Waals surface area (Å²) in [5, 5.41) is 11.2. The van der Waals surface area contributed by atoms with Crippen LogP contribution in [0.3, 0.4) is 0 Å². The molecule has 0 bridgehead atoms. The van der Waals surface area contributed by atoms with Crippen molar-refractivity contribution in [1.29, 1.82) is 0 Å². The number of aliphatic hydroxyl groups is 1.